The molecule has 0 unspecified atom stereocenters. The third-order valence-corrected chi connectivity index (χ3v) is 3.14. The highest BCUT2D eigenvalue weighted by Crippen LogP contribution is 2.30. The van der Waals surface area contributed by atoms with Crippen molar-refractivity contribution in [3.05, 3.63) is 53.0 Å². The molecule has 0 saturated carbocycles. The van der Waals surface area contributed by atoms with Crippen molar-refractivity contribution < 1.29 is 0 Å². The Morgan fingerprint density at radius 2 is 1.95 bits per heavy atom. The topological polar surface area (TPSA) is 54.5 Å². The van der Waals surface area contributed by atoms with E-state index in [1.807, 2.05) is 6.07 Å². The van der Waals surface area contributed by atoms with Crippen LogP contribution in [0.1, 0.15) is 0 Å². The van der Waals surface area contributed by atoms with Crippen LogP contribution in [0, 0.1) is 0 Å². The summed E-state index contributed by atoms with van der Waals surface area (Å²) in [5.41, 5.74) is 2.23. The molecule has 94 valence electrons. The Kier molecular flexibility index (Phi) is 3.19. The van der Waals surface area contributed by atoms with Gasteiger partial charge in [-0.15, -0.1) is 0 Å². The average molecular weight is 291 g/mol. The lowest BCUT2D eigenvalue weighted by Crippen LogP contribution is -1.86. The van der Waals surface area contributed by atoms with Gasteiger partial charge in [-0.25, -0.2) is 9.97 Å². The molecule has 0 aliphatic rings. The van der Waals surface area contributed by atoms with Crippen molar-refractivity contribution in [3.63, 3.8) is 0 Å². The second-order valence-corrected chi connectivity index (χ2v) is 4.69. The Morgan fingerprint density at radius 1 is 1.05 bits per heavy atom. The van der Waals surface area contributed by atoms with Gasteiger partial charge in [0.2, 0.25) is 0 Å². The standard InChI is InChI=1S/C13H8Cl2N4/c14-8-1-2-9(10(15)5-8)11-7-18-13(19-11)12-6-16-3-4-17-12/h1-7H,(H,18,19). The zero-order valence-corrected chi connectivity index (χ0v) is 11.2. The Labute approximate surface area is 119 Å². The van der Waals surface area contributed by atoms with E-state index in [0.29, 0.717) is 21.6 Å². The summed E-state index contributed by atoms with van der Waals surface area (Å²) in [5, 5.41) is 1.16. The first-order valence-electron chi connectivity index (χ1n) is 5.51. The number of rotatable bonds is 2. The molecule has 19 heavy (non-hydrogen) atoms. The van der Waals surface area contributed by atoms with Gasteiger partial charge in [-0.05, 0) is 18.2 Å². The summed E-state index contributed by atoms with van der Waals surface area (Å²) in [4.78, 5) is 15.7. The van der Waals surface area contributed by atoms with Crippen molar-refractivity contribution >= 4 is 23.2 Å². The van der Waals surface area contributed by atoms with Crippen molar-refractivity contribution in [2.75, 3.05) is 0 Å². The number of benzene rings is 1. The molecule has 0 amide bonds. The third kappa shape index (κ3) is 2.45. The summed E-state index contributed by atoms with van der Waals surface area (Å²) in [6, 6.07) is 5.30. The summed E-state index contributed by atoms with van der Waals surface area (Å²) in [6.07, 6.45) is 6.65. The molecule has 2 heterocycles. The second-order valence-electron chi connectivity index (χ2n) is 3.85. The fourth-order valence-electron chi connectivity index (χ4n) is 1.71. The number of aromatic amines is 1. The maximum Gasteiger partial charge on any atom is 0.158 e. The fourth-order valence-corrected chi connectivity index (χ4v) is 2.21. The SMILES string of the molecule is Clc1ccc(-c2c[nH]c(-c3cnccn3)n2)c(Cl)c1. The highest BCUT2D eigenvalue weighted by molar-refractivity contribution is 6.36. The van der Waals surface area contributed by atoms with E-state index in [0.717, 1.165) is 11.3 Å². The van der Waals surface area contributed by atoms with Gasteiger partial charge in [-0.1, -0.05) is 23.2 Å². The molecule has 6 heteroatoms. The van der Waals surface area contributed by atoms with Gasteiger partial charge >= 0.3 is 0 Å². The molecule has 0 radical (unpaired) electrons. The predicted octanol–water partition coefficient (Wildman–Crippen LogP) is 3.84. The zero-order valence-electron chi connectivity index (χ0n) is 9.64. The summed E-state index contributed by atoms with van der Waals surface area (Å²) < 4.78 is 0. The molecule has 0 aliphatic heterocycles. The molecule has 0 saturated heterocycles. The van der Waals surface area contributed by atoms with E-state index >= 15 is 0 Å². The van der Waals surface area contributed by atoms with Gasteiger partial charge in [-0.3, -0.25) is 4.98 Å². The van der Waals surface area contributed by atoms with Gasteiger partial charge in [-0.2, -0.15) is 0 Å². The Morgan fingerprint density at radius 3 is 2.68 bits per heavy atom. The average Bonchev–Trinajstić information content (AvgIpc) is 2.89. The lowest BCUT2D eigenvalue weighted by molar-refractivity contribution is 1.16. The lowest BCUT2D eigenvalue weighted by Gasteiger charge is -2.00. The van der Waals surface area contributed by atoms with E-state index < -0.39 is 0 Å². The quantitative estimate of drug-likeness (QED) is 0.780. The minimum absolute atomic E-state index is 0.560. The van der Waals surface area contributed by atoms with E-state index in [1.165, 1.54) is 0 Å². The molecule has 0 atom stereocenters. The molecular weight excluding hydrogens is 283 g/mol. The lowest BCUT2D eigenvalue weighted by atomic mass is 10.2. The maximum atomic E-state index is 6.15. The molecule has 4 nitrogen and oxygen atoms in total. The number of hydrogen-bond donors (Lipinski definition) is 1. The van der Waals surface area contributed by atoms with Crippen LogP contribution in [0.5, 0.6) is 0 Å². The maximum absolute atomic E-state index is 6.15. The van der Waals surface area contributed by atoms with Gasteiger partial charge in [0.25, 0.3) is 0 Å². The van der Waals surface area contributed by atoms with Crippen LogP contribution >= 0.6 is 23.2 Å². The first-order valence-corrected chi connectivity index (χ1v) is 6.27. The Hall–Kier alpha value is -1.91. The van der Waals surface area contributed by atoms with Crippen LogP contribution < -0.4 is 0 Å². The van der Waals surface area contributed by atoms with E-state index in [1.54, 1.807) is 36.9 Å². The third-order valence-electron chi connectivity index (χ3n) is 2.59. The van der Waals surface area contributed by atoms with Crippen molar-refractivity contribution in [2.45, 2.75) is 0 Å². The smallest absolute Gasteiger partial charge is 0.158 e. The number of H-pyrrole nitrogens is 1. The predicted molar refractivity (Wildman–Crippen MR) is 75.1 cm³/mol. The van der Waals surface area contributed by atoms with Gasteiger partial charge in [0.05, 0.1) is 16.9 Å². The van der Waals surface area contributed by atoms with Crippen LogP contribution in [0.15, 0.2) is 43.0 Å². The number of nitrogens with zero attached hydrogens (tertiary/aromatic N) is 3. The van der Waals surface area contributed by atoms with Gasteiger partial charge in [0.1, 0.15) is 5.69 Å². The highest BCUT2D eigenvalue weighted by atomic mass is 35.5. The van der Waals surface area contributed by atoms with Crippen molar-refractivity contribution in [3.8, 4) is 22.8 Å². The molecular formula is C13H8Cl2N4. The summed E-state index contributed by atoms with van der Waals surface area (Å²) in [6.45, 7) is 0. The number of aromatic nitrogens is 4. The molecule has 0 bridgehead atoms. The van der Waals surface area contributed by atoms with E-state index in [2.05, 4.69) is 19.9 Å². The van der Waals surface area contributed by atoms with Gasteiger partial charge in [0, 0.05) is 29.2 Å². The van der Waals surface area contributed by atoms with E-state index in [4.69, 9.17) is 23.2 Å². The van der Waals surface area contributed by atoms with Crippen LogP contribution in [0.25, 0.3) is 22.8 Å². The highest BCUT2D eigenvalue weighted by Gasteiger charge is 2.10. The minimum atomic E-state index is 0.560. The van der Waals surface area contributed by atoms with Gasteiger partial charge in [0.15, 0.2) is 5.82 Å². The largest absolute Gasteiger partial charge is 0.343 e. The number of imidazole rings is 1. The van der Waals surface area contributed by atoms with Crippen molar-refractivity contribution in [1.29, 1.82) is 0 Å². The molecule has 0 aliphatic carbocycles. The number of nitrogens with one attached hydrogen (secondary N) is 1. The number of halogens is 2. The summed E-state index contributed by atoms with van der Waals surface area (Å²) in [7, 11) is 0. The molecule has 3 aromatic rings. The molecule has 0 spiro atoms. The Bertz CT molecular complexity index is 710. The first kappa shape index (κ1) is 12.1. The fraction of sp³-hybridized carbons (Fsp3) is 0. The van der Waals surface area contributed by atoms with E-state index in [9.17, 15) is 0 Å². The number of hydrogen-bond acceptors (Lipinski definition) is 3. The molecule has 2 aromatic heterocycles. The zero-order chi connectivity index (χ0) is 13.2. The van der Waals surface area contributed by atoms with Crippen LogP contribution in [0.2, 0.25) is 10.0 Å². The summed E-state index contributed by atoms with van der Waals surface area (Å²) >= 11 is 12.0. The molecule has 0 fully saturated rings. The minimum Gasteiger partial charge on any atom is -0.343 e. The monoisotopic (exact) mass is 290 g/mol. The van der Waals surface area contributed by atoms with Crippen LogP contribution in [0.3, 0.4) is 0 Å². The van der Waals surface area contributed by atoms with Crippen molar-refractivity contribution in [2.24, 2.45) is 0 Å². The normalized spacial score (nSPS) is 10.6. The van der Waals surface area contributed by atoms with Crippen LogP contribution in [0.4, 0.5) is 0 Å². The molecule has 1 aromatic carbocycles. The van der Waals surface area contributed by atoms with Crippen LogP contribution in [-0.4, -0.2) is 19.9 Å². The van der Waals surface area contributed by atoms with Crippen LogP contribution in [-0.2, 0) is 0 Å². The first-order chi connectivity index (χ1) is 9.24. The van der Waals surface area contributed by atoms with E-state index in [-0.39, 0.29) is 0 Å². The second kappa shape index (κ2) is 4.99. The summed E-state index contributed by atoms with van der Waals surface area (Å²) in [5.74, 6) is 0.647. The molecule has 3 rings (SSSR count). The van der Waals surface area contributed by atoms with Gasteiger partial charge < -0.3 is 4.98 Å². The van der Waals surface area contributed by atoms with Crippen molar-refractivity contribution in [1.82, 2.24) is 19.9 Å². The molecule has 1 N–H and O–H groups in total. The Balaban J connectivity index is 2.02.